The lowest BCUT2D eigenvalue weighted by Gasteiger charge is -2.26. The van der Waals surface area contributed by atoms with Gasteiger partial charge < -0.3 is 9.32 Å². The highest BCUT2D eigenvalue weighted by atomic mass is 16.3. The summed E-state index contributed by atoms with van der Waals surface area (Å²) < 4.78 is 5.90. The summed E-state index contributed by atoms with van der Waals surface area (Å²) in [7, 11) is 1.91. The van der Waals surface area contributed by atoms with Gasteiger partial charge in [0.2, 0.25) is 5.91 Å². The van der Waals surface area contributed by atoms with Crippen molar-refractivity contribution in [1.82, 2.24) is 4.90 Å². The van der Waals surface area contributed by atoms with Crippen molar-refractivity contribution in [2.24, 2.45) is 17.8 Å². The van der Waals surface area contributed by atoms with Crippen LogP contribution in [0.25, 0.3) is 11.0 Å². The van der Waals surface area contributed by atoms with Crippen LogP contribution in [0.4, 0.5) is 0 Å². The minimum absolute atomic E-state index is 0.0122. The summed E-state index contributed by atoms with van der Waals surface area (Å²) in [6, 6.07) is 10.0. The molecule has 2 aromatic rings. The number of fused-ring (bicyclic) bond motifs is 2. The molecule has 0 aliphatic heterocycles. The van der Waals surface area contributed by atoms with Crippen LogP contribution >= 0.6 is 0 Å². The van der Waals surface area contributed by atoms with Crippen molar-refractivity contribution >= 4 is 16.9 Å². The van der Waals surface area contributed by atoms with Gasteiger partial charge in [-0.25, -0.2) is 0 Å². The van der Waals surface area contributed by atoms with E-state index in [2.05, 4.69) is 6.07 Å². The topological polar surface area (TPSA) is 33.5 Å². The molecule has 1 aromatic heterocycles. The molecule has 3 nitrogen and oxygen atoms in total. The standard InChI is InChI=1S/C18H21NO2/c1-11(17-10-12-5-3-4-6-16(12)21-17)19(2)18(20)15-8-13-7-14(13)9-15/h3-6,10-11,13-15H,7-9H2,1-2H3. The number of benzene rings is 1. The van der Waals surface area contributed by atoms with E-state index in [0.717, 1.165) is 41.4 Å². The molecule has 1 heterocycles. The quantitative estimate of drug-likeness (QED) is 0.853. The third-order valence-electron chi connectivity index (χ3n) is 5.38. The number of amides is 1. The fourth-order valence-electron chi connectivity index (χ4n) is 3.79. The molecule has 3 heteroatoms. The average Bonchev–Trinajstić information content (AvgIpc) is 2.94. The lowest BCUT2D eigenvalue weighted by molar-refractivity contribution is -0.136. The summed E-state index contributed by atoms with van der Waals surface area (Å²) in [6.07, 6.45) is 3.55. The highest BCUT2D eigenvalue weighted by Gasteiger charge is 2.48. The summed E-state index contributed by atoms with van der Waals surface area (Å²) in [4.78, 5) is 14.5. The predicted molar refractivity (Wildman–Crippen MR) is 81.7 cm³/mol. The van der Waals surface area contributed by atoms with Gasteiger partial charge in [-0.05, 0) is 50.2 Å². The Morgan fingerprint density at radius 2 is 1.95 bits per heavy atom. The fourth-order valence-corrected chi connectivity index (χ4v) is 3.79. The molecule has 0 saturated heterocycles. The maximum atomic E-state index is 12.6. The Kier molecular flexibility index (Phi) is 2.84. The zero-order valence-corrected chi connectivity index (χ0v) is 12.6. The third-order valence-corrected chi connectivity index (χ3v) is 5.38. The summed E-state index contributed by atoms with van der Waals surface area (Å²) >= 11 is 0. The van der Waals surface area contributed by atoms with Crippen LogP contribution in [0.2, 0.25) is 0 Å². The van der Waals surface area contributed by atoms with E-state index in [1.54, 1.807) is 0 Å². The molecule has 3 unspecified atom stereocenters. The Labute approximate surface area is 124 Å². The maximum Gasteiger partial charge on any atom is 0.226 e. The number of carbonyl (C=O) groups is 1. The van der Waals surface area contributed by atoms with E-state index in [9.17, 15) is 4.79 Å². The van der Waals surface area contributed by atoms with Crippen LogP contribution in [0.3, 0.4) is 0 Å². The van der Waals surface area contributed by atoms with Crippen LogP contribution in [0.1, 0.15) is 38.0 Å². The molecular formula is C18H21NO2. The Balaban J connectivity index is 1.52. The molecule has 2 fully saturated rings. The number of furan rings is 1. The van der Waals surface area contributed by atoms with Crippen molar-refractivity contribution in [3.63, 3.8) is 0 Å². The number of hydrogen-bond donors (Lipinski definition) is 0. The second-order valence-corrected chi connectivity index (χ2v) is 6.74. The molecule has 0 spiro atoms. The van der Waals surface area contributed by atoms with Gasteiger partial charge in [-0.3, -0.25) is 4.79 Å². The van der Waals surface area contributed by atoms with Gasteiger partial charge in [0.15, 0.2) is 0 Å². The van der Waals surface area contributed by atoms with Gasteiger partial charge in [0.1, 0.15) is 11.3 Å². The number of hydrogen-bond acceptors (Lipinski definition) is 2. The second kappa shape index (κ2) is 4.62. The SMILES string of the molecule is CC(c1cc2ccccc2o1)N(C)C(=O)C1CC2CC2C1. The number of para-hydroxylation sites is 1. The molecule has 110 valence electrons. The summed E-state index contributed by atoms with van der Waals surface area (Å²) in [5, 5.41) is 1.10. The minimum atomic E-state index is -0.0122. The molecule has 0 bridgehead atoms. The minimum Gasteiger partial charge on any atom is -0.459 e. The van der Waals surface area contributed by atoms with Crippen LogP contribution in [-0.4, -0.2) is 17.9 Å². The highest BCUT2D eigenvalue weighted by molar-refractivity contribution is 5.80. The largest absolute Gasteiger partial charge is 0.459 e. The van der Waals surface area contributed by atoms with Crippen LogP contribution in [-0.2, 0) is 4.79 Å². The van der Waals surface area contributed by atoms with E-state index in [4.69, 9.17) is 4.42 Å². The molecule has 2 saturated carbocycles. The van der Waals surface area contributed by atoms with Crippen LogP contribution < -0.4 is 0 Å². The molecule has 0 radical (unpaired) electrons. The summed E-state index contributed by atoms with van der Waals surface area (Å²) in [5.41, 5.74) is 0.891. The van der Waals surface area contributed by atoms with E-state index >= 15 is 0 Å². The summed E-state index contributed by atoms with van der Waals surface area (Å²) in [5.74, 6) is 3.08. The Morgan fingerprint density at radius 1 is 1.24 bits per heavy atom. The molecule has 4 rings (SSSR count). The fraction of sp³-hybridized carbons (Fsp3) is 0.500. The van der Waals surface area contributed by atoms with Crippen LogP contribution in [0, 0.1) is 17.8 Å². The zero-order valence-electron chi connectivity index (χ0n) is 12.6. The van der Waals surface area contributed by atoms with Crippen molar-refractivity contribution in [3.8, 4) is 0 Å². The first-order valence-electron chi connectivity index (χ1n) is 7.88. The first-order chi connectivity index (χ1) is 10.1. The van der Waals surface area contributed by atoms with E-state index < -0.39 is 0 Å². The number of rotatable bonds is 3. The Morgan fingerprint density at radius 3 is 2.67 bits per heavy atom. The second-order valence-electron chi connectivity index (χ2n) is 6.74. The maximum absolute atomic E-state index is 12.6. The van der Waals surface area contributed by atoms with Gasteiger partial charge in [0.25, 0.3) is 0 Å². The van der Waals surface area contributed by atoms with E-state index in [1.807, 2.05) is 43.1 Å². The van der Waals surface area contributed by atoms with Gasteiger partial charge in [-0.2, -0.15) is 0 Å². The normalized spacial score (nSPS) is 28.4. The van der Waals surface area contributed by atoms with Crippen molar-refractivity contribution in [2.45, 2.75) is 32.2 Å². The zero-order chi connectivity index (χ0) is 14.6. The Hall–Kier alpha value is -1.77. The molecule has 1 amide bonds. The lowest BCUT2D eigenvalue weighted by Crippen LogP contribution is -2.34. The smallest absolute Gasteiger partial charge is 0.226 e. The van der Waals surface area contributed by atoms with Gasteiger partial charge in [0.05, 0.1) is 6.04 Å². The molecule has 0 N–H and O–H groups in total. The van der Waals surface area contributed by atoms with Crippen molar-refractivity contribution in [3.05, 3.63) is 36.1 Å². The first kappa shape index (κ1) is 12.9. The number of nitrogens with zero attached hydrogens (tertiary/aromatic N) is 1. The number of carbonyl (C=O) groups excluding carboxylic acids is 1. The van der Waals surface area contributed by atoms with Crippen LogP contribution in [0.5, 0.6) is 0 Å². The molecule has 2 aliphatic rings. The third kappa shape index (κ3) is 2.15. The van der Waals surface area contributed by atoms with Crippen LogP contribution in [0.15, 0.2) is 34.7 Å². The highest BCUT2D eigenvalue weighted by Crippen LogP contribution is 2.54. The Bertz CT molecular complexity index is 646. The molecule has 2 aliphatic carbocycles. The predicted octanol–water partition coefficient (Wildman–Crippen LogP) is 4.00. The first-order valence-corrected chi connectivity index (χ1v) is 7.88. The molecule has 3 atom stereocenters. The van der Waals surface area contributed by atoms with Crippen molar-refractivity contribution in [1.29, 1.82) is 0 Å². The van der Waals surface area contributed by atoms with Gasteiger partial charge in [0, 0.05) is 18.4 Å². The monoisotopic (exact) mass is 283 g/mol. The summed E-state index contributed by atoms with van der Waals surface area (Å²) in [6.45, 7) is 2.05. The average molecular weight is 283 g/mol. The van der Waals surface area contributed by atoms with Gasteiger partial charge >= 0.3 is 0 Å². The van der Waals surface area contributed by atoms with E-state index in [-0.39, 0.29) is 17.9 Å². The van der Waals surface area contributed by atoms with E-state index in [0.29, 0.717) is 0 Å². The molecular weight excluding hydrogens is 262 g/mol. The lowest BCUT2D eigenvalue weighted by atomic mass is 10.0. The molecule has 21 heavy (non-hydrogen) atoms. The van der Waals surface area contributed by atoms with Gasteiger partial charge in [-0.15, -0.1) is 0 Å². The van der Waals surface area contributed by atoms with Crippen molar-refractivity contribution < 1.29 is 9.21 Å². The van der Waals surface area contributed by atoms with Crippen molar-refractivity contribution in [2.75, 3.05) is 7.05 Å². The van der Waals surface area contributed by atoms with E-state index in [1.165, 1.54) is 6.42 Å². The molecule has 1 aromatic carbocycles. The van der Waals surface area contributed by atoms with Gasteiger partial charge in [-0.1, -0.05) is 18.2 Å².